The molecule has 4 nitrogen and oxygen atoms in total. The normalized spacial score (nSPS) is 10.6. The third kappa shape index (κ3) is 3.19. The predicted molar refractivity (Wildman–Crippen MR) is 63.1 cm³/mol. The van der Waals surface area contributed by atoms with Gasteiger partial charge in [-0.15, -0.1) is 0 Å². The molecule has 0 spiro atoms. The van der Waals surface area contributed by atoms with Crippen LogP contribution in [0.25, 0.3) is 0 Å². The molecular formula is C12H13F2N3O. The van der Waals surface area contributed by atoms with Gasteiger partial charge in [-0.3, -0.25) is 4.68 Å². The second kappa shape index (κ2) is 5.48. The molecule has 0 aliphatic heterocycles. The van der Waals surface area contributed by atoms with Gasteiger partial charge < -0.3 is 10.5 Å². The molecule has 0 aliphatic rings. The van der Waals surface area contributed by atoms with Gasteiger partial charge in [-0.2, -0.15) is 5.10 Å². The second-order valence-electron chi connectivity index (χ2n) is 3.78. The first kappa shape index (κ1) is 12.3. The molecule has 1 aromatic carbocycles. The molecule has 0 amide bonds. The minimum absolute atomic E-state index is 0.0522. The summed E-state index contributed by atoms with van der Waals surface area (Å²) in [6, 6.07) is 4.92. The minimum Gasteiger partial charge on any atom is -0.490 e. The number of nitrogens with two attached hydrogens (primary N) is 1. The molecule has 0 bridgehead atoms. The number of aryl methyl sites for hydroxylation is 1. The molecule has 0 saturated carbocycles. The van der Waals surface area contributed by atoms with Gasteiger partial charge in [0.25, 0.3) is 0 Å². The smallest absolute Gasteiger partial charge is 0.167 e. The van der Waals surface area contributed by atoms with Gasteiger partial charge in [0.1, 0.15) is 11.6 Å². The molecular weight excluding hydrogens is 240 g/mol. The molecule has 2 N–H and O–H groups in total. The zero-order valence-corrected chi connectivity index (χ0v) is 9.64. The SMILES string of the molecule is Nc1ccn(CCCOc2ccc(F)cc2F)n1. The summed E-state index contributed by atoms with van der Waals surface area (Å²) in [5, 5.41) is 4.00. The monoisotopic (exact) mass is 253 g/mol. The van der Waals surface area contributed by atoms with Crippen molar-refractivity contribution in [1.29, 1.82) is 0 Å². The molecule has 1 aromatic heterocycles. The van der Waals surface area contributed by atoms with E-state index in [-0.39, 0.29) is 5.75 Å². The lowest BCUT2D eigenvalue weighted by Gasteiger charge is -2.07. The van der Waals surface area contributed by atoms with Crippen LogP contribution in [0, 0.1) is 11.6 Å². The van der Waals surface area contributed by atoms with Gasteiger partial charge >= 0.3 is 0 Å². The number of benzene rings is 1. The van der Waals surface area contributed by atoms with E-state index in [2.05, 4.69) is 5.10 Å². The average molecular weight is 253 g/mol. The Morgan fingerprint density at radius 2 is 2.11 bits per heavy atom. The van der Waals surface area contributed by atoms with E-state index >= 15 is 0 Å². The Labute approximate surface area is 103 Å². The molecule has 1 heterocycles. The largest absolute Gasteiger partial charge is 0.490 e. The van der Waals surface area contributed by atoms with Crippen molar-refractivity contribution in [2.24, 2.45) is 0 Å². The molecule has 18 heavy (non-hydrogen) atoms. The first-order valence-corrected chi connectivity index (χ1v) is 5.52. The maximum atomic E-state index is 13.2. The molecule has 0 radical (unpaired) electrons. The first-order valence-electron chi connectivity index (χ1n) is 5.52. The van der Waals surface area contributed by atoms with Gasteiger partial charge in [0.2, 0.25) is 0 Å². The molecule has 0 saturated heterocycles. The number of nitrogens with zero attached hydrogens (tertiary/aromatic N) is 2. The van der Waals surface area contributed by atoms with Crippen LogP contribution in [0.15, 0.2) is 30.5 Å². The fourth-order valence-corrected chi connectivity index (χ4v) is 1.50. The molecule has 0 aliphatic carbocycles. The molecule has 0 atom stereocenters. The lowest BCUT2D eigenvalue weighted by molar-refractivity contribution is 0.284. The van der Waals surface area contributed by atoms with Crippen molar-refractivity contribution in [3.05, 3.63) is 42.1 Å². The van der Waals surface area contributed by atoms with Crippen molar-refractivity contribution in [3.63, 3.8) is 0 Å². The van der Waals surface area contributed by atoms with Crippen LogP contribution in [0.4, 0.5) is 14.6 Å². The fraction of sp³-hybridized carbons (Fsp3) is 0.250. The zero-order valence-electron chi connectivity index (χ0n) is 9.64. The Morgan fingerprint density at radius 3 is 2.78 bits per heavy atom. The molecule has 2 rings (SSSR count). The third-order valence-electron chi connectivity index (χ3n) is 2.34. The van der Waals surface area contributed by atoms with Gasteiger partial charge in [0.05, 0.1) is 6.61 Å². The van der Waals surface area contributed by atoms with E-state index in [1.54, 1.807) is 16.9 Å². The van der Waals surface area contributed by atoms with E-state index in [4.69, 9.17) is 10.5 Å². The Bertz CT molecular complexity index is 528. The summed E-state index contributed by atoms with van der Waals surface area (Å²) >= 11 is 0. The minimum atomic E-state index is -0.696. The molecule has 96 valence electrons. The summed E-state index contributed by atoms with van der Waals surface area (Å²) in [5.74, 6) is -0.804. The predicted octanol–water partition coefficient (Wildman–Crippen LogP) is 2.21. The van der Waals surface area contributed by atoms with E-state index in [0.29, 0.717) is 25.4 Å². The number of rotatable bonds is 5. The molecule has 2 aromatic rings. The zero-order chi connectivity index (χ0) is 13.0. The van der Waals surface area contributed by atoms with E-state index in [1.165, 1.54) is 6.07 Å². The topological polar surface area (TPSA) is 53.1 Å². The van der Waals surface area contributed by atoms with Crippen molar-refractivity contribution < 1.29 is 13.5 Å². The van der Waals surface area contributed by atoms with Crippen LogP contribution in [-0.4, -0.2) is 16.4 Å². The Kier molecular flexibility index (Phi) is 3.76. The van der Waals surface area contributed by atoms with Crippen molar-refractivity contribution in [1.82, 2.24) is 9.78 Å². The summed E-state index contributed by atoms with van der Waals surface area (Å²) < 4.78 is 32.7. The van der Waals surface area contributed by atoms with Crippen molar-refractivity contribution >= 4 is 5.82 Å². The van der Waals surface area contributed by atoms with Gasteiger partial charge in [-0.05, 0) is 18.2 Å². The van der Waals surface area contributed by atoms with Crippen LogP contribution in [0.2, 0.25) is 0 Å². The fourth-order valence-electron chi connectivity index (χ4n) is 1.50. The average Bonchev–Trinajstić information content (AvgIpc) is 2.73. The highest BCUT2D eigenvalue weighted by Gasteiger charge is 2.04. The number of hydrogen-bond acceptors (Lipinski definition) is 3. The molecule has 0 unspecified atom stereocenters. The van der Waals surface area contributed by atoms with E-state index in [0.717, 1.165) is 12.1 Å². The van der Waals surface area contributed by atoms with Gasteiger partial charge in [0, 0.05) is 25.2 Å². The summed E-state index contributed by atoms with van der Waals surface area (Å²) in [6.45, 7) is 0.947. The standard InChI is InChI=1S/C12H13F2N3O/c13-9-2-3-11(10(14)8-9)18-7-1-5-17-6-4-12(15)16-17/h2-4,6,8H,1,5,7H2,(H2,15,16). The van der Waals surface area contributed by atoms with Crippen LogP contribution in [0.1, 0.15) is 6.42 Å². The lowest BCUT2D eigenvalue weighted by atomic mass is 10.3. The summed E-state index contributed by atoms with van der Waals surface area (Å²) in [7, 11) is 0. The number of ether oxygens (including phenoxy) is 1. The summed E-state index contributed by atoms with van der Waals surface area (Å²) in [4.78, 5) is 0. The Balaban J connectivity index is 1.78. The quantitative estimate of drug-likeness (QED) is 0.831. The van der Waals surface area contributed by atoms with Crippen LogP contribution in [0.5, 0.6) is 5.75 Å². The number of aromatic nitrogens is 2. The van der Waals surface area contributed by atoms with Crippen LogP contribution >= 0.6 is 0 Å². The third-order valence-corrected chi connectivity index (χ3v) is 2.34. The Morgan fingerprint density at radius 1 is 1.28 bits per heavy atom. The van der Waals surface area contributed by atoms with Crippen molar-refractivity contribution in [2.75, 3.05) is 12.3 Å². The van der Waals surface area contributed by atoms with Crippen LogP contribution in [0.3, 0.4) is 0 Å². The van der Waals surface area contributed by atoms with E-state index < -0.39 is 11.6 Å². The number of halogens is 2. The van der Waals surface area contributed by atoms with Gasteiger partial charge in [-0.1, -0.05) is 0 Å². The highest BCUT2D eigenvalue weighted by atomic mass is 19.1. The van der Waals surface area contributed by atoms with Crippen molar-refractivity contribution in [2.45, 2.75) is 13.0 Å². The van der Waals surface area contributed by atoms with Gasteiger partial charge in [0.15, 0.2) is 11.6 Å². The second-order valence-corrected chi connectivity index (χ2v) is 3.78. The number of hydrogen-bond donors (Lipinski definition) is 1. The van der Waals surface area contributed by atoms with Crippen molar-refractivity contribution in [3.8, 4) is 5.75 Å². The lowest BCUT2D eigenvalue weighted by Crippen LogP contribution is -2.06. The van der Waals surface area contributed by atoms with E-state index in [9.17, 15) is 8.78 Å². The highest BCUT2D eigenvalue weighted by Crippen LogP contribution is 2.17. The first-order chi connectivity index (χ1) is 8.65. The summed E-state index contributed by atoms with van der Waals surface area (Å²) in [6.07, 6.45) is 2.41. The van der Waals surface area contributed by atoms with E-state index in [1.807, 2.05) is 0 Å². The van der Waals surface area contributed by atoms with Gasteiger partial charge in [-0.25, -0.2) is 8.78 Å². The maximum Gasteiger partial charge on any atom is 0.167 e. The molecule has 6 heteroatoms. The Hall–Kier alpha value is -2.11. The van der Waals surface area contributed by atoms with Crippen LogP contribution in [-0.2, 0) is 6.54 Å². The van der Waals surface area contributed by atoms with Crippen LogP contribution < -0.4 is 10.5 Å². The summed E-state index contributed by atoms with van der Waals surface area (Å²) in [5.41, 5.74) is 5.46. The maximum absolute atomic E-state index is 13.2. The number of anilines is 1. The number of nitrogen functional groups attached to an aromatic ring is 1. The highest BCUT2D eigenvalue weighted by molar-refractivity contribution is 5.24. The molecule has 0 fully saturated rings.